The fourth-order valence-corrected chi connectivity index (χ4v) is 5.05. The smallest absolute Gasteiger partial charge is 0.179 e. The van der Waals surface area contributed by atoms with Gasteiger partial charge in [-0.1, -0.05) is 30.3 Å². The third-order valence-electron chi connectivity index (χ3n) is 6.58. The van der Waals surface area contributed by atoms with Gasteiger partial charge in [0.05, 0.1) is 36.1 Å². The summed E-state index contributed by atoms with van der Waals surface area (Å²) in [4.78, 5) is 23.4. The van der Waals surface area contributed by atoms with E-state index < -0.39 is 0 Å². The average molecular weight is 417 g/mol. The lowest BCUT2D eigenvalue weighted by Crippen LogP contribution is -2.52. The molecule has 1 atom stereocenters. The van der Waals surface area contributed by atoms with Crippen LogP contribution in [0.25, 0.3) is 21.9 Å². The largest absolute Gasteiger partial charge is 0.375 e. The lowest BCUT2D eigenvalue weighted by Gasteiger charge is -2.42. The summed E-state index contributed by atoms with van der Waals surface area (Å²) in [7, 11) is 1.79. The van der Waals surface area contributed by atoms with Crippen molar-refractivity contribution in [2.75, 3.05) is 26.7 Å². The van der Waals surface area contributed by atoms with Crippen molar-refractivity contribution >= 4 is 27.7 Å². The highest BCUT2D eigenvalue weighted by Gasteiger charge is 2.37. The zero-order valence-electron chi connectivity index (χ0n) is 18.1. The maximum Gasteiger partial charge on any atom is 0.179 e. The highest BCUT2D eigenvalue weighted by Crippen LogP contribution is 2.29. The van der Waals surface area contributed by atoms with Gasteiger partial charge in [-0.25, -0.2) is 4.98 Å². The van der Waals surface area contributed by atoms with Crippen molar-refractivity contribution in [1.29, 1.82) is 0 Å². The first-order valence-corrected chi connectivity index (χ1v) is 10.9. The number of ketones is 1. The molecule has 0 radical (unpaired) electrons. The Bertz CT molecular complexity index is 1240. The van der Waals surface area contributed by atoms with E-state index in [1.807, 2.05) is 55.7 Å². The van der Waals surface area contributed by atoms with Gasteiger partial charge in [0.2, 0.25) is 0 Å². The average Bonchev–Trinajstić information content (AvgIpc) is 3.34. The number of nitrogens with one attached hydrogen (secondary N) is 1. The number of aromatic amines is 1. The van der Waals surface area contributed by atoms with Gasteiger partial charge < -0.3 is 14.3 Å². The highest BCUT2D eigenvalue weighted by atomic mass is 16.5. The zero-order valence-corrected chi connectivity index (χ0v) is 18.1. The number of carbonyl (C=O) groups is 1. The first kappa shape index (κ1) is 20.0. The Morgan fingerprint density at radius 2 is 2.00 bits per heavy atom. The Kier molecular flexibility index (Phi) is 5.12. The number of piperidine rings is 1. The number of hydrogen-bond acceptors (Lipinski definition) is 4. The Morgan fingerprint density at radius 1 is 1.19 bits per heavy atom. The van der Waals surface area contributed by atoms with Crippen molar-refractivity contribution < 1.29 is 9.53 Å². The van der Waals surface area contributed by atoms with Crippen LogP contribution in [0.2, 0.25) is 0 Å². The maximum absolute atomic E-state index is 13.3. The van der Waals surface area contributed by atoms with Gasteiger partial charge in [-0.15, -0.1) is 0 Å². The molecule has 0 aliphatic carbocycles. The molecule has 1 aliphatic heterocycles. The van der Waals surface area contributed by atoms with Crippen molar-refractivity contribution in [3.63, 3.8) is 0 Å². The van der Waals surface area contributed by atoms with Crippen molar-refractivity contribution in [3.05, 3.63) is 66.1 Å². The van der Waals surface area contributed by atoms with Crippen LogP contribution in [0.3, 0.4) is 0 Å². The Hall–Kier alpha value is -2.96. The second kappa shape index (κ2) is 7.94. The van der Waals surface area contributed by atoms with Gasteiger partial charge in [-0.3, -0.25) is 9.69 Å². The fraction of sp³-hybridized carbons (Fsp3) is 0.360. The molecular weight excluding hydrogens is 388 g/mol. The van der Waals surface area contributed by atoms with Crippen molar-refractivity contribution in [3.8, 4) is 0 Å². The Balaban J connectivity index is 1.36. The SMILES string of the molecule is CO[C@@]1(Cn2cnc3ccccc32)CCCN(CC(=O)c2c(C)[nH]c3ccccc23)C1. The normalized spacial score (nSPS) is 19.9. The molecule has 1 aliphatic rings. The van der Waals surface area contributed by atoms with Crippen molar-refractivity contribution in [2.24, 2.45) is 0 Å². The first-order valence-electron chi connectivity index (χ1n) is 10.9. The summed E-state index contributed by atoms with van der Waals surface area (Å²) >= 11 is 0. The number of H-pyrrole nitrogens is 1. The minimum Gasteiger partial charge on any atom is -0.375 e. The van der Waals surface area contributed by atoms with Crippen molar-refractivity contribution in [2.45, 2.75) is 31.9 Å². The molecule has 1 fully saturated rings. The number of ether oxygens (including phenoxy) is 1. The monoisotopic (exact) mass is 416 g/mol. The van der Waals surface area contributed by atoms with Crippen molar-refractivity contribution in [1.82, 2.24) is 19.4 Å². The number of imidazole rings is 1. The van der Waals surface area contributed by atoms with E-state index in [1.54, 1.807) is 7.11 Å². The zero-order chi connectivity index (χ0) is 21.4. The van der Waals surface area contributed by atoms with Gasteiger partial charge in [0.1, 0.15) is 0 Å². The number of rotatable bonds is 6. The number of para-hydroxylation sites is 3. The van der Waals surface area contributed by atoms with Crippen LogP contribution in [-0.4, -0.2) is 57.6 Å². The molecule has 3 heterocycles. The van der Waals surface area contributed by atoms with Gasteiger partial charge >= 0.3 is 0 Å². The van der Waals surface area contributed by atoms with Crippen LogP contribution in [0.4, 0.5) is 0 Å². The molecule has 2 aromatic carbocycles. The number of Topliss-reactive ketones (excluding diaryl/α,β-unsaturated/α-hetero) is 1. The van der Waals surface area contributed by atoms with E-state index in [4.69, 9.17) is 4.74 Å². The molecule has 1 saturated heterocycles. The molecule has 0 bridgehead atoms. The first-order chi connectivity index (χ1) is 15.1. The van der Waals surface area contributed by atoms with Crippen LogP contribution in [0.1, 0.15) is 28.9 Å². The highest BCUT2D eigenvalue weighted by molar-refractivity contribution is 6.10. The number of aromatic nitrogens is 3. The molecular formula is C25H28N4O2. The number of hydrogen-bond donors (Lipinski definition) is 1. The molecule has 2 aromatic heterocycles. The van der Waals surface area contributed by atoms with Gasteiger partial charge in [0, 0.05) is 35.8 Å². The van der Waals surface area contributed by atoms with Crippen LogP contribution in [0.15, 0.2) is 54.9 Å². The molecule has 6 nitrogen and oxygen atoms in total. The van der Waals surface area contributed by atoms with E-state index in [1.165, 1.54) is 0 Å². The summed E-state index contributed by atoms with van der Waals surface area (Å²) in [6.45, 7) is 4.73. The molecule has 0 amide bonds. The van der Waals surface area contributed by atoms with Gasteiger partial charge in [0.15, 0.2) is 5.78 Å². The number of aryl methyl sites for hydroxylation is 1. The molecule has 31 heavy (non-hydrogen) atoms. The number of nitrogens with zero attached hydrogens (tertiary/aromatic N) is 3. The molecule has 0 saturated carbocycles. The Labute approximate surface area is 181 Å². The molecule has 0 spiro atoms. The molecule has 5 rings (SSSR count). The predicted octanol–water partition coefficient (Wildman–Crippen LogP) is 4.19. The third-order valence-corrected chi connectivity index (χ3v) is 6.58. The molecule has 1 N–H and O–H groups in total. The van der Waals surface area contributed by atoms with E-state index in [2.05, 4.69) is 25.5 Å². The molecule has 6 heteroatoms. The summed E-state index contributed by atoms with van der Waals surface area (Å²) in [6.07, 6.45) is 3.86. The number of likely N-dealkylation sites (tertiary alicyclic amines) is 1. The summed E-state index contributed by atoms with van der Waals surface area (Å²) < 4.78 is 8.26. The Morgan fingerprint density at radius 3 is 2.87 bits per heavy atom. The van der Waals surface area contributed by atoms with E-state index in [-0.39, 0.29) is 11.4 Å². The van der Waals surface area contributed by atoms with Crippen LogP contribution in [-0.2, 0) is 11.3 Å². The van der Waals surface area contributed by atoms with E-state index >= 15 is 0 Å². The molecule has 0 unspecified atom stereocenters. The summed E-state index contributed by atoms with van der Waals surface area (Å²) in [5.41, 5.74) is 4.53. The lowest BCUT2D eigenvalue weighted by molar-refractivity contribution is -0.0728. The van der Waals surface area contributed by atoms with Gasteiger partial charge in [-0.05, 0) is 44.5 Å². The second-order valence-electron chi connectivity index (χ2n) is 8.66. The molecule has 160 valence electrons. The van der Waals surface area contributed by atoms with Crippen LogP contribution >= 0.6 is 0 Å². The van der Waals surface area contributed by atoms with Crippen LogP contribution in [0, 0.1) is 6.92 Å². The standard InChI is InChI=1S/C25H28N4O2/c1-18-24(19-8-3-4-9-20(19)27-18)23(30)14-28-13-7-12-25(15-28,31-2)16-29-17-26-21-10-5-6-11-22(21)29/h3-6,8-11,17,27H,7,12-16H2,1-2H3/t25-/m0/s1. The molecule has 4 aromatic rings. The number of carbonyl (C=O) groups excluding carboxylic acids is 1. The van der Waals surface area contributed by atoms with E-state index in [9.17, 15) is 4.79 Å². The number of fused-ring (bicyclic) bond motifs is 2. The van der Waals surface area contributed by atoms with E-state index in [0.29, 0.717) is 6.54 Å². The number of benzene rings is 2. The quantitative estimate of drug-likeness (QED) is 0.479. The minimum absolute atomic E-state index is 0.162. The third kappa shape index (κ3) is 3.66. The topological polar surface area (TPSA) is 63.1 Å². The minimum atomic E-state index is -0.336. The summed E-state index contributed by atoms with van der Waals surface area (Å²) in [6, 6.07) is 16.2. The maximum atomic E-state index is 13.3. The van der Waals surface area contributed by atoms with Gasteiger partial charge in [-0.2, -0.15) is 0 Å². The second-order valence-corrected chi connectivity index (χ2v) is 8.66. The van der Waals surface area contributed by atoms with Crippen LogP contribution in [0.5, 0.6) is 0 Å². The lowest BCUT2D eigenvalue weighted by atomic mass is 9.91. The summed E-state index contributed by atoms with van der Waals surface area (Å²) in [5, 5.41) is 1.00. The van der Waals surface area contributed by atoms with Gasteiger partial charge in [0.25, 0.3) is 0 Å². The van der Waals surface area contributed by atoms with E-state index in [0.717, 1.165) is 65.7 Å². The predicted molar refractivity (Wildman–Crippen MR) is 123 cm³/mol. The fourth-order valence-electron chi connectivity index (χ4n) is 5.05. The van der Waals surface area contributed by atoms with Crippen LogP contribution < -0.4 is 0 Å². The summed E-state index contributed by atoms with van der Waals surface area (Å²) in [5.74, 6) is 0.162. The number of methoxy groups -OCH3 is 1.